The zero-order chi connectivity index (χ0) is 13.0. The van der Waals surface area contributed by atoms with Gasteiger partial charge in [-0.25, -0.2) is 4.98 Å². The molecule has 1 unspecified atom stereocenters. The SMILES string of the molecule is CCOC(=O)C(C)c1n[nH]c(C2CCCCC2)n1. The van der Waals surface area contributed by atoms with Gasteiger partial charge in [0.25, 0.3) is 0 Å². The van der Waals surface area contributed by atoms with Crippen molar-refractivity contribution in [2.24, 2.45) is 0 Å². The third-order valence-corrected chi connectivity index (χ3v) is 3.54. The summed E-state index contributed by atoms with van der Waals surface area (Å²) < 4.78 is 4.98. The lowest BCUT2D eigenvalue weighted by Gasteiger charge is -2.18. The number of carbonyl (C=O) groups is 1. The van der Waals surface area contributed by atoms with Gasteiger partial charge >= 0.3 is 5.97 Å². The van der Waals surface area contributed by atoms with Crippen LogP contribution in [0.1, 0.15) is 69.4 Å². The standard InChI is InChI=1S/C13H21N3O2/c1-3-18-13(17)9(2)11-14-12(16-15-11)10-7-5-4-6-8-10/h9-10H,3-8H2,1-2H3,(H,14,15,16). The zero-order valence-electron chi connectivity index (χ0n) is 11.1. The second kappa shape index (κ2) is 5.98. The van der Waals surface area contributed by atoms with Crippen LogP contribution in [0.15, 0.2) is 0 Å². The van der Waals surface area contributed by atoms with Gasteiger partial charge in [0.05, 0.1) is 6.61 Å². The van der Waals surface area contributed by atoms with Crippen LogP contribution in [0.4, 0.5) is 0 Å². The van der Waals surface area contributed by atoms with Gasteiger partial charge in [-0.2, -0.15) is 5.10 Å². The molecule has 5 nitrogen and oxygen atoms in total. The van der Waals surface area contributed by atoms with Gasteiger partial charge in [0.15, 0.2) is 5.82 Å². The van der Waals surface area contributed by atoms with Crippen molar-refractivity contribution in [2.75, 3.05) is 6.61 Å². The number of esters is 1. The Morgan fingerprint density at radius 1 is 1.44 bits per heavy atom. The van der Waals surface area contributed by atoms with Gasteiger partial charge in [-0.3, -0.25) is 9.89 Å². The van der Waals surface area contributed by atoms with Crippen LogP contribution in [0.25, 0.3) is 0 Å². The Kier molecular flexibility index (Phi) is 4.33. The summed E-state index contributed by atoms with van der Waals surface area (Å²) in [5.41, 5.74) is 0. The molecule has 1 aliphatic carbocycles. The molecule has 100 valence electrons. The molecule has 0 saturated heterocycles. The van der Waals surface area contributed by atoms with E-state index in [0.29, 0.717) is 18.3 Å². The van der Waals surface area contributed by atoms with Crippen molar-refractivity contribution < 1.29 is 9.53 Å². The maximum absolute atomic E-state index is 11.6. The predicted octanol–water partition coefficient (Wildman–Crippen LogP) is 2.52. The van der Waals surface area contributed by atoms with Gasteiger partial charge in [-0.05, 0) is 26.7 Å². The maximum Gasteiger partial charge on any atom is 0.316 e. The Balaban J connectivity index is 2.02. The fourth-order valence-electron chi connectivity index (χ4n) is 2.41. The molecule has 0 amide bonds. The minimum Gasteiger partial charge on any atom is -0.465 e. The Hall–Kier alpha value is -1.39. The van der Waals surface area contributed by atoms with Crippen molar-refractivity contribution in [1.29, 1.82) is 0 Å². The van der Waals surface area contributed by atoms with Crippen molar-refractivity contribution >= 4 is 5.97 Å². The number of ether oxygens (including phenoxy) is 1. The van der Waals surface area contributed by atoms with Crippen LogP contribution in [-0.2, 0) is 9.53 Å². The molecule has 5 heteroatoms. The van der Waals surface area contributed by atoms with Crippen molar-refractivity contribution in [3.05, 3.63) is 11.6 Å². The molecule has 1 atom stereocenters. The number of nitrogens with zero attached hydrogens (tertiary/aromatic N) is 2. The minimum absolute atomic E-state index is 0.258. The van der Waals surface area contributed by atoms with Gasteiger partial charge in [0.2, 0.25) is 0 Å². The summed E-state index contributed by atoms with van der Waals surface area (Å²) in [5, 5.41) is 7.14. The summed E-state index contributed by atoms with van der Waals surface area (Å²) in [7, 11) is 0. The number of nitrogens with one attached hydrogen (secondary N) is 1. The monoisotopic (exact) mass is 251 g/mol. The Morgan fingerprint density at radius 3 is 2.83 bits per heavy atom. The fraction of sp³-hybridized carbons (Fsp3) is 0.769. The van der Waals surface area contributed by atoms with E-state index in [9.17, 15) is 4.79 Å². The van der Waals surface area contributed by atoms with Gasteiger partial charge in [0.1, 0.15) is 11.7 Å². The lowest BCUT2D eigenvalue weighted by atomic mass is 9.89. The van der Waals surface area contributed by atoms with Crippen LogP contribution in [0, 0.1) is 0 Å². The first-order valence-electron chi connectivity index (χ1n) is 6.81. The molecule has 0 aromatic carbocycles. The second-order valence-corrected chi connectivity index (χ2v) is 4.89. The van der Waals surface area contributed by atoms with E-state index in [0.717, 1.165) is 5.82 Å². The molecule has 0 spiro atoms. The van der Waals surface area contributed by atoms with Crippen LogP contribution in [0.3, 0.4) is 0 Å². The number of hydrogen-bond donors (Lipinski definition) is 1. The molecule has 0 aliphatic heterocycles. The Morgan fingerprint density at radius 2 is 2.17 bits per heavy atom. The summed E-state index contributed by atoms with van der Waals surface area (Å²) in [6.07, 6.45) is 6.17. The number of hydrogen-bond acceptors (Lipinski definition) is 4. The third kappa shape index (κ3) is 2.89. The summed E-state index contributed by atoms with van der Waals surface area (Å²) in [6.45, 7) is 3.98. The molecule has 0 bridgehead atoms. The first-order chi connectivity index (χ1) is 8.72. The first kappa shape index (κ1) is 13.1. The number of aromatic nitrogens is 3. The molecule has 1 heterocycles. The molecule has 1 saturated carbocycles. The molecule has 2 rings (SSSR count). The zero-order valence-corrected chi connectivity index (χ0v) is 11.1. The fourth-order valence-corrected chi connectivity index (χ4v) is 2.41. The van der Waals surface area contributed by atoms with Crippen molar-refractivity contribution in [2.45, 2.75) is 57.8 Å². The topological polar surface area (TPSA) is 67.9 Å². The van der Waals surface area contributed by atoms with E-state index in [4.69, 9.17) is 4.74 Å². The summed E-state index contributed by atoms with van der Waals surface area (Å²) in [5.74, 6) is 1.31. The van der Waals surface area contributed by atoms with E-state index in [1.165, 1.54) is 32.1 Å². The van der Waals surface area contributed by atoms with E-state index in [1.54, 1.807) is 13.8 Å². The first-order valence-corrected chi connectivity index (χ1v) is 6.81. The highest BCUT2D eigenvalue weighted by Crippen LogP contribution is 2.30. The summed E-state index contributed by atoms with van der Waals surface area (Å²) in [4.78, 5) is 16.1. The average molecular weight is 251 g/mol. The highest BCUT2D eigenvalue weighted by molar-refractivity contribution is 5.76. The van der Waals surface area contributed by atoms with Crippen LogP contribution >= 0.6 is 0 Å². The highest BCUT2D eigenvalue weighted by atomic mass is 16.5. The van der Waals surface area contributed by atoms with E-state index in [1.807, 2.05) is 0 Å². The van der Waals surface area contributed by atoms with Crippen LogP contribution in [0.2, 0.25) is 0 Å². The molecule has 1 aliphatic rings. The van der Waals surface area contributed by atoms with Gasteiger partial charge in [-0.1, -0.05) is 19.3 Å². The second-order valence-electron chi connectivity index (χ2n) is 4.89. The van der Waals surface area contributed by atoms with Gasteiger partial charge < -0.3 is 4.74 Å². The number of rotatable bonds is 4. The molecule has 0 radical (unpaired) electrons. The van der Waals surface area contributed by atoms with Crippen LogP contribution in [-0.4, -0.2) is 27.8 Å². The maximum atomic E-state index is 11.6. The molecule has 18 heavy (non-hydrogen) atoms. The lowest BCUT2D eigenvalue weighted by molar-refractivity contribution is -0.144. The molecule has 1 aromatic heterocycles. The Labute approximate surface area is 107 Å². The number of carbonyl (C=O) groups excluding carboxylic acids is 1. The van der Waals surface area contributed by atoms with Gasteiger partial charge in [-0.15, -0.1) is 0 Å². The highest BCUT2D eigenvalue weighted by Gasteiger charge is 2.24. The van der Waals surface area contributed by atoms with Crippen LogP contribution < -0.4 is 0 Å². The van der Waals surface area contributed by atoms with E-state index < -0.39 is 5.92 Å². The molecular formula is C13H21N3O2. The summed E-state index contributed by atoms with van der Waals surface area (Å²) in [6, 6.07) is 0. The van der Waals surface area contributed by atoms with E-state index >= 15 is 0 Å². The van der Waals surface area contributed by atoms with Crippen LogP contribution in [0.5, 0.6) is 0 Å². The Bertz CT molecular complexity index is 397. The predicted molar refractivity (Wildman–Crippen MR) is 67.3 cm³/mol. The minimum atomic E-state index is -0.390. The largest absolute Gasteiger partial charge is 0.465 e. The number of H-pyrrole nitrogens is 1. The summed E-state index contributed by atoms with van der Waals surface area (Å²) >= 11 is 0. The number of aromatic amines is 1. The molecule has 1 fully saturated rings. The average Bonchev–Trinajstić information content (AvgIpc) is 2.89. The normalized spacial score (nSPS) is 18.6. The van der Waals surface area contributed by atoms with Crippen molar-refractivity contribution in [3.8, 4) is 0 Å². The van der Waals surface area contributed by atoms with Gasteiger partial charge in [0, 0.05) is 5.92 Å². The van der Waals surface area contributed by atoms with E-state index in [-0.39, 0.29) is 5.97 Å². The smallest absolute Gasteiger partial charge is 0.316 e. The van der Waals surface area contributed by atoms with Crippen molar-refractivity contribution in [1.82, 2.24) is 15.2 Å². The molecular weight excluding hydrogens is 230 g/mol. The quantitative estimate of drug-likeness (QED) is 0.835. The molecule has 1 N–H and O–H groups in total. The third-order valence-electron chi connectivity index (χ3n) is 3.54. The van der Waals surface area contributed by atoms with Crippen molar-refractivity contribution in [3.63, 3.8) is 0 Å². The molecule has 1 aromatic rings. The lowest BCUT2D eigenvalue weighted by Crippen LogP contribution is -2.14. The van der Waals surface area contributed by atoms with E-state index in [2.05, 4.69) is 15.2 Å².